The molecule has 4 aromatic rings. The minimum atomic E-state index is -1.59. The molecule has 0 aliphatic heterocycles. The number of hydrogen-bond acceptors (Lipinski definition) is 0. The first-order chi connectivity index (χ1) is 12.4. The van der Waals surface area contributed by atoms with Crippen LogP contribution in [0.25, 0.3) is 21.5 Å². The Balaban J connectivity index is 0.000000146. The minimum absolute atomic E-state index is 0.735. The van der Waals surface area contributed by atoms with E-state index >= 15 is 0 Å². The normalized spacial score (nSPS) is 9.92. The molecule has 0 aromatic heterocycles. The molecule has 0 atom stereocenters. The molecule has 4 aromatic carbocycles. The number of fused-ring (bicyclic) bond motifs is 2. The second-order valence-corrected chi connectivity index (χ2v) is 44.5. The van der Waals surface area contributed by atoms with Crippen LogP contribution in [0, 0.1) is 13.8 Å². The molecule has 0 radical (unpaired) electrons. The average Bonchev–Trinajstić information content (AvgIpc) is 3.16. The molecular formula is C22H24Cl2GeZr-2. The van der Waals surface area contributed by atoms with Crippen molar-refractivity contribution in [3.63, 3.8) is 0 Å². The van der Waals surface area contributed by atoms with Crippen LogP contribution in [0.3, 0.4) is 0 Å². The van der Waals surface area contributed by atoms with Gasteiger partial charge in [0.25, 0.3) is 0 Å². The van der Waals surface area contributed by atoms with Gasteiger partial charge in [-0.05, 0) is 0 Å². The monoisotopic (exact) mass is 522 g/mol. The molecule has 0 bridgehead atoms. The molecule has 4 heteroatoms. The molecule has 0 spiro atoms. The molecule has 0 saturated heterocycles. The summed E-state index contributed by atoms with van der Waals surface area (Å²) in [6, 6.07) is 25.7. The predicted octanol–water partition coefficient (Wildman–Crippen LogP) is 7.90. The van der Waals surface area contributed by atoms with E-state index in [-0.39, 0.29) is 0 Å². The molecule has 136 valence electrons. The van der Waals surface area contributed by atoms with E-state index in [1.165, 1.54) is 32.7 Å². The average molecular weight is 523 g/mol. The quantitative estimate of drug-likeness (QED) is 0.163. The number of hydrogen-bond donors (Lipinski definition) is 0. The summed E-state index contributed by atoms with van der Waals surface area (Å²) in [5.74, 6) is 4.46. The van der Waals surface area contributed by atoms with E-state index in [1.807, 2.05) is 0 Å². The Morgan fingerprint density at radius 1 is 0.731 bits per heavy atom. The van der Waals surface area contributed by atoms with E-state index in [9.17, 15) is 0 Å². The van der Waals surface area contributed by atoms with Gasteiger partial charge in [-0.15, -0.1) is 81.2 Å². The third-order valence-electron chi connectivity index (χ3n) is 3.90. The van der Waals surface area contributed by atoms with Crippen molar-refractivity contribution in [3.05, 3.63) is 83.9 Å². The summed E-state index contributed by atoms with van der Waals surface area (Å²) in [7, 11) is 10.6. The molecule has 0 heterocycles. The molecule has 0 saturated carbocycles. The Morgan fingerprint density at radius 2 is 1.08 bits per heavy atom. The molecule has 0 nitrogen and oxygen atoms in total. The molecule has 0 fully saturated rings. The molecule has 0 N–H and O–H groups in total. The van der Waals surface area contributed by atoms with Gasteiger partial charge in [0.15, 0.2) is 0 Å². The third-order valence-corrected chi connectivity index (χ3v) is 38.4. The summed E-state index contributed by atoms with van der Waals surface area (Å²) in [5, 5.41) is 5.39. The van der Waals surface area contributed by atoms with Crippen molar-refractivity contribution in [3.8, 4) is 0 Å². The number of rotatable bonds is 0. The van der Waals surface area contributed by atoms with Crippen molar-refractivity contribution in [2.75, 3.05) is 0 Å². The van der Waals surface area contributed by atoms with Crippen LogP contribution in [-0.2, 0) is 16.2 Å². The number of aryl methyl sites for hydroxylation is 2. The Hall–Kier alpha value is -0.334. The van der Waals surface area contributed by atoms with Gasteiger partial charge in [0.2, 0.25) is 0 Å². The van der Waals surface area contributed by atoms with Crippen LogP contribution in [0.15, 0.2) is 72.8 Å². The second-order valence-electron chi connectivity index (χ2n) is 6.58. The van der Waals surface area contributed by atoms with Crippen molar-refractivity contribution < 1.29 is 16.2 Å². The van der Waals surface area contributed by atoms with Crippen molar-refractivity contribution in [1.82, 2.24) is 0 Å². The predicted molar refractivity (Wildman–Crippen MR) is 118 cm³/mol. The second kappa shape index (κ2) is 10.9. The zero-order chi connectivity index (χ0) is 19.1. The summed E-state index contributed by atoms with van der Waals surface area (Å²) < 4.78 is 0. The fourth-order valence-corrected chi connectivity index (χ4v) is 2.61. The topological polar surface area (TPSA) is 0 Å². The zero-order valence-electron chi connectivity index (χ0n) is 15.7. The Morgan fingerprint density at radius 3 is 1.38 bits per heavy atom. The van der Waals surface area contributed by atoms with Gasteiger partial charge in [-0.1, -0.05) is 26.0 Å². The van der Waals surface area contributed by atoms with Crippen LogP contribution in [0.2, 0.25) is 11.5 Å². The summed E-state index contributed by atoms with van der Waals surface area (Å²) in [4.78, 5) is 0. The van der Waals surface area contributed by atoms with Crippen LogP contribution >= 0.6 is 17.0 Å². The van der Waals surface area contributed by atoms with E-state index in [1.54, 1.807) is 0 Å². The molecule has 26 heavy (non-hydrogen) atoms. The molecule has 0 aliphatic rings. The van der Waals surface area contributed by atoms with E-state index in [4.69, 9.17) is 17.0 Å². The van der Waals surface area contributed by atoms with Crippen molar-refractivity contribution >= 4 is 48.5 Å². The standard InChI is InChI=1S/2C10H9.C2H6Ge.2ClH.Zr/c2*1-8-6-9-4-2-3-5-10(9)7-8;1-3-2;;;/h2*2-7H,1H3;1-2H3;2*1H;/q2*-1;;;;+2/p-2. The first-order valence-corrected chi connectivity index (χ1v) is 26.6. The van der Waals surface area contributed by atoms with E-state index in [0.717, 1.165) is 0 Å². The van der Waals surface area contributed by atoms with Gasteiger partial charge in [-0.25, -0.2) is 0 Å². The van der Waals surface area contributed by atoms with Crippen molar-refractivity contribution in [2.24, 2.45) is 0 Å². The number of benzene rings is 2. The van der Waals surface area contributed by atoms with Gasteiger partial charge in [-0.2, -0.15) is 12.1 Å². The summed E-state index contributed by atoms with van der Waals surface area (Å²) in [6.07, 6.45) is 0. The van der Waals surface area contributed by atoms with Crippen molar-refractivity contribution in [2.45, 2.75) is 25.4 Å². The zero-order valence-corrected chi connectivity index (χ0v) is 21.8. The first kappa shape index (κ1) is 22.0. The van der Waals surface area contributed by atoms with Crippen molar-refractivity contribution in [1.29, 1.82) is 0 Å². The maximum absolute atomic E-state index is 5.65. The molecule has 4 rings (SSSR count). The Labute approximate surface area is 172 Å². The fraction of sp³-hybridized carbons (Fsp3) is 0.182. The fourth-order valence-electron chi connectivity index (χ4n) is 2.61. The molecular weight excluding hydrogens is 499 g/mol. The van der Waals surface area contributed by atoms with E-state index in [2.05, 4.69) is 98.2 Å². The SMILES string of the molecule is Cc1cc2ccccc2[cH-]1.Cc1cc2ccccc2[cH-]1.[CH3][Ge]([CH3])=[Zr]([Cl])[Cl]. The molecule has 0 unspecified atom stereocenters. The van der Waals surface area contributed by atoms with E-state index in [0.29, 0.717) is 0 Å². The van der Waals surface area contributed by atoms with Crippen LogP contribution in [0.1, 0.15) is 11.1 Å². The first-order valence-electron chi connectivity index (χ1n) is 8.59. The summed E-state index contributed by atoms with van der Waals surface area (Å²) >= 11 is -1.59. The summed E-state index contributed by atoms with van der Waals surface area (Å²) in [6.45, 7) is 4.25. The van der Waals surface area contributed by atoms with Crippen LogP contribution < -0.4 is 0 Å². The summed E-state index contributed by atoms with van der Waals surface area (Å²) in [5.41, 5.74) is 2.70. The van der Waals surface area contributed by atoms with Gasteiger partial charge in [0.05, 0.1) is 0 Å². The number of halogens is 2. The molecule has 0 amide bonds. The van der Waals surface area contributed by atoms with Gasteiger partial charge < -0.3 is 0 Å². The Kier molecular flexibility index (Phi) is 9.17. The van der Waals surface area contributed by atoms with Gasteiger partial charge in [0, 0.05) is 0 Å². The van der Waals surface area contributed by atoms with Crippen LogP contribution in [-0.4, -0.2) is 9.98 Å². The van der Waals surface area contributed by atoms with Gasteiger partial charge >= 0.3 is 54.8 Å². The van der Waals surface area contributed by atoms with Gasteiger partial charge in [-0.3, -0.25) is 0 Å². The maximum atomic E-state index is 5.65. The van der Waals surface area contributed by atoms with Crippen LogP contribution in [0.5, 0.6) is 0 Å². The molecule has 0 aliphatic carbocycles. The Bertz CT molecular complexity index is 855. The third kappa shape index (κ3) is 7.00. The van der Waals surface area contributed by atoms with E-state index < -0.39 is 26.2 Å². The van der Waals surface area contributed by atoms with Gasteiger partial charge in [0.1, 0.15) is 0 Å². The van der Waals surface area contributed by atoms with Crippen LogP contribution in [0.4, 0.5) is 0 Å².